The van der Waals surface area contributed by atoms with Gasteiger partial charge < -0.3 is 10.0 Å². The van der Waals surface area contributed by atoms with E-state index in [2.05, 4.69) is 46.2 Å². The number of aromatic amines is 1. The molecule has 2 heterocycles. The van der Waals surface area contributed by atoms with E-state index < -0.39 is 5.82 Å². The maximum absolute atomic E-state index is 14.7. The fourth-order valence-corrected chi connectivity index (χ4v) is 5.10. The minimum Gasteiger partial charge on any atom is -0.507 e. The number of benzene rings is 1. The van der Waals surface area contributed by atoms with Crippen LogP contribution in [0.15, 0.2) is 36.7 Å². The van der Waals surface area contributed by atoms with Gasteiger partial charge in [0.15, 0.2) is 5.82 Å². The zero-order chi connectivity index (χ0) is 22.7. The summed E-state index contributed by atoms with van der Waals surface area (Å²) in [6.45, 7) is 4.68. The Morgan fingerprint density at radius 2 is 2.06 bits per heavy atom. The van der Waals surface area contributed by atoms with E-state index in [1.807, 2.05) is 6.07 Å². The summed E-state index contributed by atoms with van der Waals surface area (Å²) in [5.41, 5.74) is 1.99. The molecule has 2 atom stereocenters. The lowest BCUT2D eigenvalue weighted by atomic mass is 9.77. The lowest BCUT2D eigenvalue weighted by Crippen LogP contribution is -2.36. The summed E-state index contributed by atoms with van der Waals surface area (Å²) in [7, 11) is 2.09. The first-order valence-electron chi connectivity index (χ1n) is 11.5. The minimum atomic E-state index is -0.448. The Hall–Kier alpha value is -2.96. The number of aromatic nitrogens is 4. The van der Waals surface area contributed by atoms with Gasteiger partial charge in [-0.1, -0.05) is 33.1 Å². The van der Waals surface area contributed by atoms with E-state index in [0.29, 0.717) is 28.3 Å². The van der Waals surface area contributed by atoms with E-state index in [1.54, 1.807) is 12.3 Å². The molecule has 1 aliphatic rings. The first-order valence-corrected chi connectivity index (χ1v) is 11.5. The molecule has 32 heavy (non-hydrogen) atoms. The number of rotatable bonds is 6. The van der Waals surface area contributed by atoms with Crippen LogP contribution in [0.5, 0.6) is 5.75 Å². The van der Waals surface area contributed by atoms with Crippen LogP contribution in [-0.2, 0) is 0 Å². The average molecular weight is 438 g/mol. The fraction of sp³-hybridized carbons (Fsp3) is 0.480. The molecule has 2 N–H and O–H groups in total. The fourth-order valence-electron chi connectivity index (χ4n) is 5.10. The van der Waals surface area contributed by atoms with Crippen molar-refractivity contribution in [1.29, 1.82) is 0 Å². The average Bonchev–Trinajstić information content (AvgIpc) is 3.24. The molecule has 0 bridgehead atoms. The van der Waals surface area contributed by atoms with Crippen LogP contribution in [0.25, 0.3) is 22.4 Å². The Morgan fingerprint density at radius 1 is 1.22 bits per heavy atom. The van der Waals surface area contributed by atoms with Gasteiger partial charge >= 0.3 is 0 Å². The monoisotopic (exact) mass is 437 g/mol. The Kier molecular flexibility index (Phi) is 6.44. The van der Waals surface area contributed by atoms with Crippen molar-refractivity contribution < 1.29 is 9.50 Å². The molecule has 7 heteroatoms. The van der Waals surface area contributed by atoms with Gasteiger partial charge in [-0.2, -0.15) is 5.10 Å². The van der Waals surface area contributed by atoms with Crippen LogP contribution in [0, 0.1) is 11.2 Å². The highest BCUT2D eigenvalue weighted by molar-refractivity contribution is 5.74. The molecular weight excluding hydrogens is 405 g/mol. The van der Waals surface area contributed by atoms with Gasteiger partial charge in [-0.3, -0.25) is 5.10 Å². The van der Waals surface area contributed by atoms with Crippen LogP contribution in [0.4, 0.5) is 10.2 Å². The van der Waals surface area contributed by atoms with E-state index in [0.717, 1.165) is 18.7 Å². The third-order valence-electron chi connectivity index (χ3n) is 6.88. The second kappa shape index (κ2) is 9.27. The number of nitrogens with one attached hydrogen (secondary N) is 1. The molecular formula is C25H32FN5O. The smallest absolute Gasteiger partial charge is 0.151 e. The molecule has 6 nitrogen and oxygen atoms in total. The van der Waals surface area contributed by atoms with Crippen molar-refractivity contribution in [2.24, 2.45) is 5.41 Å². The second-order valence-electron chi connectivity index (χ2n) is 9.39. The number of halogens is 1. The van der Waals surface area contributed by atoms with Gasteiger partial charge in [0.05, 0.1) is 11.9 Å². The molecule has 0 amide bonds. The molecule has 0 radical (unpaired) electrons. The highest BCUT2D eigenvalue weighted by Gasteiger charge is 2.32. The van der Waals surface area contributed by atoms with E-state index in [1.165, 1.54) is 50.4 Å². The number of aromatic hydroxyl groups is 1. The lowest BCUT2D eigenvalue weighted by Gasteiger charge is -2.35. The highest BCUT2D eigenvalue weighted by Crippen LogP contribution is 2.41. The second-order valence-corrected chi connectivity index (χ2v) is 9.39. The number of H-pyrrole nitrogens is 1. The SMILES string of the molecule is CCC[C@]1(C)CCCC[C@H](N(C)c2ccc(-c3cc(F)c(-c4cn[nH]c4)cc3O)nn2)C1. The van der Waals surface area contributed by atoms with Crippen molar-refractivity contribution in [3.8, 4) is 28.1 Å². The first-order chi connectivity index (χ1) is 15.4. The summed E-state index contributed by atoms with van der Waals surface area (Å²) in [5, 5.41) is 25.8. The van der Waals surface area contributed by atoms with Crippen LogP contribution in [0.3, 0.4) is 0 Å². The predicted molar refractivity (Wildman–Crippen MR) is 125 cm³/mol. The number of hydrogen-bond donors (Lipinski definition) is 2. The maximum Gasteiger partial charge on any atom is 0.151 e. The van der Waals surface area contributed by atoms with Crippen LogP contribution in [0.2, 0.25) is 0 Å². The summed E-state index contributed by atoms with van der Waals surface area (Å²) in [4.78, 5) is 2.23. The Balaban J connectivity index is 1.55. The Labute approximate surface area is 188 Å². The third-order valence-corrected chi connectivity index (χ3v) is 6.88. The van der Waals surface area contributed by atoms with Gasteiger partial charge in [0.2, 0.25) is 0 Å². The molecule has 0 unspecified atom stereocenters. The highest BCUT2D eigenvalue weighted by atomic mass is 19.1. The van der Waals surface area contributed by atoms with Crippen molar-refractivity contribution in [1.82, 2.24) is 20.4 Å². The first kappa shape index (κ1) is 22.2. The molecule has 2 aromatic heterocycles. The van der Waals surface area contributed by atoms with Gasteiger partial charge in [0.1, 0.15) is 11.6 Å². The van der Waals surface area contributed by atoms with Gasteiger partial charge in [0.25, 0.3) is 0 Å². The third kappa shape index (κ3) is 4.61. The molecule has 0 saturated heterocycles. The molecule has 0 spiro atoms. The van der Waals surface area contributed by atoms with Crippen molar-refractivity contribution in [3.63, 3.8) is 0 Å². The van der Waals surface area contributed by atoms with Crippen LogP contribution in [0.1, 0.15) is 58.8 Å². The molecule has 1 aliphatic carbocycles. The number of hydrogen-bond acceptors (Lipinski definition) is 5. The largest absolute Gasteiger partial charge is 0.507 e. The van der Waals surface area contributed by atoms with E-state index in [9.17, 15) is 9.50 Å². The minimum absolute atomic E-state index is 0.0443. The van der Waals surface area contributed by atoms with Gasteiger partial charge in [-0.05, 0) is 55.4 Å². The van der Waals surface area contributed by atoms with E-state index >= 15 is 0 Å². The topological polar surface area (TPSA) is 77.9 Å². The summed E-state index contributed by atoms with van der Waals surface area (Å²) in [5.74, 6) is 0.308. The summed E-state index contributed by atoms with van der Waals surface area (Å²) in [6.07, 6.45) is 11.7. The quantitative estimate of drug-likeness (QED) is 0.466. The summed E-state index contributed by atoms with van der Waals surface area (Å²) >= 11 is 0. The van der Waals surface area contributed by atoms with Gasteiger partial charge in [-0.15, -0.1) is 10.2 Å². The van der Waals surface area contributed by atoms with Crippen molar-refractivity contribution >= 4 is 5.82 Å². The van der Waals surface area contributed by atoms with E-state index in [4.69, 9.17) is 0 Å². The number of phenolic OH excluding ortho intramolecular Hbond substituents is 1. The normalized spacial score (nSPS) is 21.3. The number of phenols is 1. The molecule has 0 aliphatic heterocycles. The zero-order valence-corrected chi connectivity index (χ0v) is 19.1. The number of nitrogens with zero attached hydrogens (tertiary/aromatic N) is 4. The molecule has 1 aromatic carbocycles. The van der Waals surface area contributed by atoms with Crippen molar-refractivity contribution in [2.45, 2.75) is 64.8 Å². The molecule has 1 saturated carbocycles. The van der Waals surface area contributed by atoms with Crippen LogP contribution < -0.4 is 4.90 Å². The maximum atomic E-state index is 14.7. The molecule has 170 valence electrons. The molecule has 4 rings (SSSR count). The van der Waals surface area contributed by atoms with Gasteiger partial charge in [-0.25, -0.2) is 4.39 Å². The predicted octanol–water partition coefficient (Wildman–Crippen LogP) is 5.95. The summed E-state index contributed by atoms with van der Waals surface area (Å²) in [6, 6.07) is 6.83. The Bertz CT molecular complexity index is 1040. The molecule has 1 fully saturated rings. The van der Waals surface area contributed by atoms with Gasteiger partial charge in [0, 0.05) is 36.0 Å². The summed E-state index contributed by atoms with van der Waals surface area (Å²) < 4.78 is 14.7. The standard InChI is InChI=1S/C25H32FN5O/c1-4-10-25(2)11-6-5-7-18(14-25)31(3)24-9-8-22(29-30-24)20-12-21(26)19(13-23(20)32)17-15-27-28-16-17/h8-9,12-13,15-16,18,32H,4-7,10-11,14H2,1-3H3,(H,27,28)/t18-,25+/m0/s1. The van der Waals surface area contributed by atoms with Crippen molar-refractivity contribution in [3.05, 3.63) is 42.5 Å². The van der Waals surface area contributed by atoms with E-state index in [-0.39, 0.29) is 11.3 Å². The van der Waals surface area contributed by atoms with Crippen LogP contribution in [-0.4, -0.2) is 38.6 Å². The Morgan fingerprint density at radius 3 is 2.75 bits per heavy atom. The van der Waals surface area contributed by atoms with Crippen molar-refractivity contribution in [2.75, 3.05) is 11.9 Å². The number of anilines is 1. The van der Waals surface area contributed by atoms with Crippen LogP contribution >= 0.6 is 0 Å². The lowest BCUT2D eigenvalue weighted by molar-refractivity contribution is 0.238. The molecule has 3 aromatic rings. The zero-order valence-electron chi connectivity index (χ0n) is 19.1.